The second-order valence-corrected chi connectivity index (χ2v) is 9.55. The van der Waals surface area contributed by atoms with Gasteiger partial charge in [0.05, 0.1) is 18.5 Å². The molecule has 3 heterocycles. The molecule has 3 aromatic rings. The highest BCUT2D eigenvalue weighted by molar-refractivity contribution is 5.90. The van der Waals surface area contributed by atoms with E-state index < -0.39 is 5.72 Å². The quantitative estimate of drug-likeness (QED) is 0.305. The maximum absolute atomic E-state index is 12.5. The number of methoxy groups -OCH3 is 2. The summed E-state index contributed by atoms with van der Waals surface area (Å²) >= 11 is 0. The number of amides is 1. The van der Waals surface area contributed by atoms with Crippen LogP contribution in [0.3, 0.4) is 0 Å². The van der Waals surface area contributed by atoms with Crippen LogP contribution in [0.4, 0.5) is 5.95 Å². The number of likely N-dealkylation sites (tertiary alicyclic amines) is 1. The largest absolute Gasteiger partial charge is 0.495 e. The van der Waals surface area contributed by atoms with Crippen LogP contribution in [0.2, 0.25) is 0 Å². The highest BCUT2D eigenvalue weighted by atomic mass is 16.5. The van der Waals surface area contributed by atoms with Crippen LogP contribution in [0, 0.1) is 6.92 Å². The Kier molecular flexibility index (Phi) is 7.58. The van der Waals surface area contributed by atoms with E-state index in [4.69, 9.17) is 14.5 Å². The molecule has 39 heavy (non-hydrogen) atoms. The highest BCUT2D eigenvalue weighted by Crippen LogP contribution is 2.39. The fraction of sp³-hybridized carbons (Fsp3) is 0.310. The number of anilines is 1. The van der Waals surface area contributed by atoms with Gasteiger partial charge in [-0.1, -0.05) is 36.9 Å². The predicted molar refractivity (Wildman–Crippen MR) is 149 cm³/mol. The lowest BCUT2D eigenvalue weighted by atomic mass is 9.86. The molecule has 1 aliphatic heterocycles. The molecule has 5 rings (SSSR count). The van der Waals surface area contributed by atoms with Crippen LogP contribution in [-0.2, 0) is 20.8 Å². The maximum Gasteiger partial charge on any atom is 0.245 e. The van der Waals surface area contributed by atoms with Crippen molar-refractivity contribution in [2.75, 3.05) is 32.6 Å². The van der Waals surface area contributed by atoms with Gasteiger partial charge in [0.2, 0.25) is 11.9 Å². The predicted octanol–water partition coefficient (Wildman–Crippen LogP) is 3.58. The molecular formula is C29H33N7O3. The Hall–Kier alpha value is -4.28. The van der Waals surface area contributed by atoms with E-state index in [2.05, 4.69) is 32.2 Å². The fourth-order valence-electron chi connectivity index (χ4n) is 4.80. The molecular weight excluding hydrogens is 494 g/mol. The van der Waals surface area contributed by atoms with Gasteiger partial charge in [0.1, 0.15) is 5.76 Å². The third-order valence-corrected chi connectivity index (χ3v) is 7.08. The minimum absolute atomic E-state index is 0.238. The SMILES string of the molecule is C=CC(=O)NC1(OC)CC(Nc2nccc(-n3cc(CN4CCC4)c(C)n3)n2)=C(OC)C=C1c1ccccc1. The average molecular weight is 528 g/mol. The molecule has 2 aromatic heterocycles. The molecule has 1 aromatic carbocycles. The molecule has 202 valence electrons. The third kappa shape index (κ3) is 5.47. The van der Waals surface area contributed by atoms with Gasteiger partial charge in [-0.15, -0.1) is 0 Å². The van der Waals surface area contributed by atoms with Crippen molar-refractivity contribution in [3.8, 4) is 5.82 Å². The highest BCUT2D eigenvalue weighted by Gasteiger charge is 2.41. The van der Waals surface area contributed by atoms with E-state index in [1.165, 1.54) is 18.1 Å². The number of nitrogens with zero attached hydrogens (tertiary/aromatic N) is 5. The summed E-state index contributed by atoms with van der Waals surface area (Å²) in [4.78, 5) is 24.1. The van der Waals surface area contributed by atoms with Gasteiger partial charge in [-0.2, -0.15) is 10.1 Å². The summed E-state index contributed by atoms with van der Waals surface area (Å²) in [5.74, 6) is 1.22. The van der Waals surface area contributed by atoms with Gasteiger partial charge in [-0.05, 0) is 44.1 Å². The Bertz CT molecular complexity index is 1430. The lowest BCUT2D eigenvalue weighted by molar-refractivity contribution is -0.122. The van der Waals surface area contributed by atoms with Gasteiger partial charge in [0.25, 0.3) is 0 Å². The number of ether oxygens (including phenoxy) is 2. The minimum atomic E-state index is -1.18. The van der Waals surface area contributed by atoms with Crippen LogP contribution in [0.15, 0.2) is 79.0 Å². The molecule has 0 saturated carbocycles. The molecule has 2 aliphatic rings. The second-order valence-electron chi connectivity index (χ2n) is 9.55. The average Bonchev–Trinajstić information content (AvgIpc) is 3.31. The first-order valence-electron chi connectivity index (χ1n) is 12.9. The van der Waals surface area contributed by atoms with Crippen LogP contribution in [-0.4, -0.2) is 63.6 Å². The molecule has 0 spiro atoms. The fourth-order valence-corrected chi connectivity index (χ4v) is 4.80. The van der Waals surface area contributed by atoms with Gasteiger partial charge in [-0.3, -0.25) is 9.69 Å². The van der Waals surface area contributed by atoms with Crippen molar-refractivity contribution in [3.05, 3.63) is 95.8 Å². The second kappa shape index (κ2) is 11.2. The van der Waals surface area contributed by atoms with Crippen molar-refractivity contribution >= 4 is 17.4 Å². The van der Waals surface area contributed by atoms with E-state index in [-0.39, 0.29) is 12.3 Å². The smallest absolute Gasteiger partial charge is 0.245 e. The number of allylic oxidation sites excluding steroid dienone is 1. The van der Waals surface area contributed by atoms with E-state index in [9.17, 15) is 4.79 Å². The van der Waals surface area contributed by atoms with Crippen LogP contribution in [0.25, 0.3) is 11.4 Å². The molecule has 0 radical (unpaired) electrons. The maximum atomic E-state index is 12.5. The van der Waals surface area contributed by atoms with E-state index >= 15 is 0 Å². The molecule has 1 fully saturated rings. The van der Waals surface area contributed by atoms with Crippen molar-refractivity contribution < 1.29 is 14.3 Å². The zero-order chi connectivity index (χ0) is 27.4. The Labute approximate surface area is 228 Å². The monoisotopic (exact) mass is 527 g/mol. The van der Waals surface area contributed by atoms with Crippen molar-refractivity contribution in [1.29, 1.82) is 0 Å². The number of aryl methyl sites for hydroxylation is 1. The Balaban J connectivity index is 1.47. The number of aromatic nitrogens is 4. The van der Waals surface area contributed by atoms with E-state index in [1.54, 1.807) is 25.1 Å². The van der Waals surface area contributed by atoms with Crippen molar-refractivity contribution in [1.82, 2.24) is 30.0 Å². The number of hydrogen-bond donors (Lipinski definition) is 2. The van der Waals surface area contributed by atoms with Crippen molar-refractivity contribution in [2.24, 2.45) is 0 Å². The molecule has 1 unspecified atom stereocenters. The van der Waals surface area contributed by atoms with Gasteiger partial charge in [0.15, 0.2) is 11.5 Å². The van der Waals surface area contributed by atoms with Gasteiger partial charge < -0.3 is 20.1 Å². The molecule has 0 bridgehead atoms. The summed E-state index contributed by atoms with van der Waals surface area (Å²) in [5.41, 5.74) is 3.27. The molecule has 1 amide bonds. The summed E-state index contributed by atoms with van der Waals surface area (Å²) < 4.78 is 13.5. The van der Waals surface area contributed by atoms with Gasteiger partial charge in [-0.25, -0.2) is 9.67 Å². The van der Waals surface area contributed by atoms with Crippen molar-refractivity contribution in [3.63, 3.8) is 0 Å². The molecule has 1 atom stereocenters. The Morgan fingerprint density at radius 2 is 2.00 bits per heavy atom. The Morgan fingerprint density at radius 1 is 1.21 bits per heavy atom. The first-order valence-corrected chi connectivity index (χ1v) is 12.9. The lowest BCUT2D eigenvalue weighted by Crippen LogP contribution is -2.52. The molecule has 2 N–H and O–H groups in total. The summed E-state index contributed by atoms with van der Waals surface area (Å²) in [6.45, 7) is 8.76. The first-order chi connectivity index (χ1) is 18.9. The van der Waals surface area contributed by atoms with Gasteiger partial charge >= 0.3 is 0 Å². The summed E-state index contributed by atoms with van der Waals surface area (Å²) in [5, 5.41) is 11.0. The number of nitrogens with one attached hydrogen (secondary N) is 2. The molecule has 1 aliphatic carbocycles. The first kappa shape index (κ1) is 26.3. The number of rotatable bonds is 10. The van der Waals surface area contributed by atoms with Crippen LogP contribution in [0.5, 0.6) is 0 Å². The topological polar surface area (TPSA) is 106 Å². The number of benzene rings is 1. The zero-order valence-corrected chi connectivity index (χ0v) is 22.5. The standard InChI is InChI=1S/C29H33N7O3/c1-5-27(37)33-29(39-4)17-24(25(38-3)16-23(29)21-10-7-6-8-11-21)31-28-30-13-12-26(32-28)36-19-22(20(2)34-36)18-35-14-9-15-35/h5-8,10-13,16,19H,1,9,14-15,17-18H2,2-4H3,(H,33,37)(H,30,31,32). The van der Waals surface area contributed by atoms with E-state index in [1.807, 2.05) is 55.6 Å². The minimum Gasteiger partial charge on any atom is -0.495 e. The van der Waals surface area contributed by atoms with E-state index in [0.717, 1.165) is 36.5 Å². The zero-order valence-electron chi connectivity index (χ0n) is 22.5. The Morgan fingerprint density at radius 3 is 2.67 bits per heavy atom. The molecule has 1 saturated heterocycles. The number of carbonyl (C=O) groups excluding carboxylic acids is 1. The third-order valence-electron chi connectivity index (χ3n) is 7.08. The van der Waals surface area contributed by atoms with Gasteiger partial charge in [0, 0.05) is 49.7 Å². The summed E-state index contributed by atoms with van der Waals surface area (Å²) in [7, 11) is 3.16. The van der Waals surface area contributed by atoms with Crippen molar-refractivity contribution in [2.45, 2.75) is 32.0 Å². The lowest BCUT2D eigenvalue weighted by Gasteiger charge is -2.39. The van der Waals surface area contributed by atoms with Crippen LogP contribution in [0.1, 0.15) is 29.7 Å². The molecule has 10 heteroatoms. The number of hydrogen-bond acceptors (Lipinski definition) is 8. The normalized spacial score (nSPS) is 19.2. The van der Waals surface area contributed by atoms with E-state index in [0.29, 0.717) is 23.2 Å². The number of carbonyl (C=O) groups is 1. The molecule has 10 nitrogen and oxygen atoms in total. The van der Waals surface area contributed by atoms with Crippen LogP contribution < -0.4 is 10.6 Å². The summed E-state index contributed by atoms with van der Waals surface area (Å²) in [6.07, 6.45) is 8.27. The van der Waals surface area contributed by atoms with Crippen LogP contribution >= 0.6 is 0 Å². The summed E-state index contributed by atoms with van der Waals surface area (Å²) in [6, 6.07) is 11.5.